The van der Waals surface area contributed by atoms with E-state index in [4.69, 9.17) is 4.74 Å². The maximum atomic E-state index is 13.4. The Kier molecular flexibility index (Phi) is 8.72. The second-order valence-electron chi connectivity index (χ2n) is 6.72. The maximum Gasteiger partial charge on any atom is 0.254 e. The van der Waals surface area contributed by atoms with E-state index in [1.807, 2.05) is 47.4 Å². The molecule has 1 saturated heterocycles. The lowest BCUT2D eigenvalue weighted by Gasteiger charge is -2.31. The molecule has 1 aliphatic heterocycles. The van der Waals surface area contributed by atoms with Crippen LogP contribution in [0.2, 0.25) is 0 Å². The number of benzene rings is 1. The Morgan fingerprint density at radius 2 is 2.11 bits per heavy atom. The summed E-state index contributed by atoms with van der Waals surface area (Å²) in [5, 5.41) is 3.43. The van der Waals surface area contributed by atoms with Crippen molar-refractivity contribution in [2.24, 2.45) is 0 Å². The van der Waals surface area contributed by atoms with Crippen LogP contribution < -0.4 is 5.32 Å². The van der Waals surface area contributed by atoms with Gasteiger partial charge in [0.1, 0.15) is 0 Å². The lowest BCUT2D eigenvalue weighted by Crippen LogP contribution is -2.40. The van der Waals surface area contributed by atoms with Gasteiger partial charge in [0, 0.05) is 24.9 Å². The molecule has 146 valence electrons. The van der Waals surface area contributed by atoms with Crippen molar-refractivity contribution < 1.29 is 9.53 Å². The number of amides is 1. The van der Waals surface area contributed by atoms with E-state index in [9.17, 15) is 4.79 Å². The van der Waals surface area contributed by atoms with Gasteiger partial charge in [0.05, 0.1) is 18.8 Å². The van der Waals surface area contributed by atoms with Gasteiger partial charge in [-0.25, -0.2) is 0 Å². The number of hydrogen-bond donors (Lipinski definition) is 1. The summed E-state index contributed by atoms with van der Waals surface area (Å²) in [5.41, 5.74) is 2.65. The number of hydrogen-bond acceptors (Lipinski definition) is 4. The topological polar surface area (TPSA) is 54.5 Å². The molecule has 2 aromatic rings. The van der Waals surface area contributed by atoms with Gasteiger partial charge in [0.25, 0.3) is 5.91 Å². The molecule has 1 amide bonds. The van der Waals surface area contributed by atoms with Crippen molar-refractivity contribution in [3.8, 4) is 0 Å². The fourth-order valence-corrected chi connectivity index (χ4v) is 3.47. The van der Waals surface area contributed by atoms with Crippen molar-refractivity contribution in [2.75, 3.05) is 20.2 Å². The Morgan fingerprint density at radius 1 is 1.22 bits per heavy atom. The van der Waals surface area contributed by atoms with E-state index in [1.165, 1.54) is 0 Å². The van der Waals surface area contributed by atoms with Crippen LogP contribution in [0.1, 0.15) is 40.9 Å². The first-order valence-electron chi connectivity index (χ1n) is 9.27. The van der Waals surface area contributed by atoms with Gasteiger partial charge in [-0.2, -0.15) is 0 Å². The molecular weight excluding hydrogens is 362 g/mol. The van der Waals surface area contributed by atoms with Gasteiger partial charge in [-0.05, 0) is 62.2 Å². The first-order chi connectivity index (χ1) is 12.8. The molecule has 0 aliphatic carbocycles. The summed E-state index contributed by atoms with van der Waals surface area (Å²) in [5.74, 6) is 0.0699. The molecule has 0 radical (unpaired) electrons. The van der Waals surface area contributed by atoms with Crippen molar-refractivity contribution in [3.05, 3.63) is 65.5 Å². The smallest absolute Gasteiger partial charge is 0.254 e. The van der Waals surface area contributed by atoms with Crippen molar-refractivity contribution >= 4 is 18.3 Å². The summed E-state index contributed by atoms with van der Waals surface area (Å²) in [4.78, 5) is 19.8. The quantitative estimate of drug-likeness (QED) is 0.822. The third-order valence-electron chi connectivity index (χ3n) is 4.79. The van der Waals surface area contributed by atoms with E-state index >= 15 is 0 Å². The molecule has 6 heteroatoms. The van der Waals surface area contributed by atoms with Crippen LogP contribution in [-0.4, -0.2) is 42.0 Å². The van der Waals surface area contributed by atoms with Gasteiger partial charge in [-0.3, -0.25) is 9.78 Å². The zero-order valence-corrected chi connectivity index (χ0v) is 16.6. The fourth-order valence-electron chi connectivity index (χ4n) is 3.47. The highest BCUT2D eigenvalue weighted by atomic mass is 35.5. The van der Waals surface area contributed by atoms with Gasteiger partial charge >= 0.3 is 0 Å². The molecule has 0 spiro atoms. The van der Waals surface area contributed by atoms with Gasteiger partial charge in [0.2, 0.25) is 0 Å². The highest BCUT2D eigenvalue weighted by molar-refractivity contribution is 5.94. The third-order valence-corrected chi connectivity index (χ3v) is 4.79. The minimum absolute atomic E-state index is 0. The largest absolute Gasteiger partial charge is 0.380 e. The SMILES string of the molecule is COCc1cccc(C(=O)N(Cc2ccccn2)C2CCCNCC2)c1.Cl. The zero-order valence-electron chi connectivity index (χ0n) is 15.8. The van der Waals surface area contributed by atoms with Crippen LogP contribution in [0.3, 0.4) is 0 Å². The molecule has 1 aromatic carbocycles. The molecule has 27 heavy (non-hydrogen) atoms. The summed E-state index contributed by atoms with van der Waals surface area (Å²) < 4.78 is 5.21. The third kappa shape index (κ3) is 6.03. The highest BCUT2D eigenvalue weighted by Gasteiger charge is 2.26. The predicted molar refractivity (Wildman–Crippen MR) is 109 cm³/mol. The van der Waals surface area contributed by atoms with E-state index < -0.39 is 0 Å². The number of nitrogens with one attached hydrogen (secondary N) is 1. The van der Waals surface area contributed by atoms with Crippen LogP contribution in [0.15, 0.2) is 48.7 Å². The van der Waals surface area contributed by atoms with Crippen molar-refractivity contribution in [1.29, 1.82) is 0 Å². The number of carbonyl (C=O) groups excluding carboxylic acids is 1. The van der Waals surface area contributed by atoms with Gasteiger partial charge in [-0.15, -0.1) is 12.4 Å². The first kappa shape index (κ1) is 21.4. The van der Waals surface area contributed by atoms with Crippen molar-refractivity contribution in [3.63, 3.8) is 0 Å². The molecule has 5 nitrogen and oxygen atoms in total. The normalized spacial score (nSPS) is 16.9. The predicted octanol–water partition coefficient (Wildman–Crippen LogP) is 3.43. The number of methoxy groups -OCH3 is 1. The average Bonchev–Trinajstić information content (AvgIpc) is 2.96. The number of carbonyl (C=O) groups is 1. The van der Waals surface area contributed by atoms with Gasteiger partial charge in [-0.1, -0.05) is 18.2 Å². The molecule has 1 fully saturated rings. The molecule has 0 bridgehead atoms. The first-order valence-corrected chi connectivity index (χ1v) is 9.27. The Bertz CT molecular complexity index is 704. The summed E-state index contributed by atoms with van der Waals surface area (Å²) >= 11 is 0. The minimum Gasteiger partial charge on any atom is -0.380 e. The lowest BCUT2D eigenvalue weighted by molar-refractivity contribution is 0.0642. The lowest BCUT2D eigenvalue weighted by atomic mass is 10.0. The minimum atomic E-state index is 0. The van der Waals surface area contributed by atoms with Crippen LogP contribution in [0.4, 0.5) is 0 Å². The molecule has 1 atom stereocenters. The summed E-state index contributed by atoms with van der Waals surface area (Å²) in [6.07, 6.45) is 4.85. The number of nitrogens with zero attached hydrogens (tertiary/aromatic N) is 2. The Hall–Kier alpha value is -1.95. The summed E-state index contributed by atoms with van der Waals surface area (Å²) in [6, 6.07) is 13.8. The van der Waals surface area contributed by atoms with Crippen LogP contribution in [0.25, 0.3) is 0 Å². The van der Waals surface area contributed by atoms with Crippen molar-refractivity contribution in [1.82, 2.24) is 15.2 Å². The monoisotopic (exact) mass is 389 g/mol. The highest BCUT2D eigenvalue weighted by Crippen LogP contribution is 2.20. The van der Waals surface area contributed by atoms with Gasteiger partial charge in [0.15, 0.2) is 0 Å². The number of rotatable bonds is 6. The van der Waals surface area contributed by atoms with E-state index in [2.05, 4.69) is 10.3 Å². The Balaban J connectivity index is 0.00000261. The summed E-state index contributed by atoms with van der Waals surface area (Å²) in [6.45, 7) is 3.01. The van der Waals surface area contributed by atoms with Crippen LogP contribution in [0, 0.1) is 0 Å². The molecule has 1 aliphatic rings. The molecule has 0 saturated carbocycles. The van der Waals surface area contributed by atoms with Crippen molar-refractivity contribution in [2.45, 2.75) is 38.5 Å². The zero-order chi connectivity index (χ0) is 18.2. The average molecular weight is 390 g/mol. The number of pyridine rings is 1. The molecule has 1 aromatic heterocycles. The molecular formula is C21H28ClN3O2. The van der Waals surface area contributed by atoms with Gasteiger partial charge < -0.3 is 15.0 Å². The van der Waals surface area contributed by atoms with E-state index in [1.54, 1.807) is 13.3 Å². The van der Waals surface area contributed by atoms with Crippen LogP contribution in [0.5, 0.6) is 0 Å². The van der Waals surface area contributed by atoms with E-state index in [0.717, 1.165) is 43.6 Å². The van der Waals surface area contributed by atoms with E-state index in [0.29, 0.717) is 18.7 Å². The summed E-state index contributed by atoms with van der Waals surface area (Å²) in [7, 11) is 1.67. The second kappa shape index (κ2) is 11.0. The maximum absolute atomic E-state index is 13.4. The number of halogens is 1. The van der Waals surface area contributed by atoms with E-state index in [-0.39, 0.29) is 24.4 Å². The Morgan fingerprint density at radius 3 is 2.89 bits per heavy atom. The number of ether oxygens (including phenoxy) is 1. The van der Waals surface area contributed by atoms with Crippen LogP contribution >= 0.6 is 12.4 Å². The standard InChI is InChI=1S/C21H27N3O2.ClH/c1-26-16-17-6-4-7-18(14-17)21(25)24(15-19-8-2-3-12-23-19)20-9-5-11-22-13-10-20;/h2-4,6-8,12,14,20,22H,5,9-11,13,15-16H2,1H3;1H. The number of aromatic nitrogens is 1. The fraction of sp³-hybridized carbons (Fsp3) is 0.429. The molecule has 3 rings (SSSR count). The molecule has 1 N–H and O–H groups in total. The second-order valence-corrected chi connectivity index (χ2v) is 6.72. The molecule has 2 heterocycles. The Labute approximate surface area is 167 Å². The molecule has 1 unspecified atom stereocenters. The van der Waals surface area contributed by atoms with Crippen LogP contribution in [-0.2, 0) is 17.9 Å².